The maximum Gasteiger partial charge on any atom is 0.160 e. The summed E-state index contributed by atoms with van der Waals surface area (Å²) in [6, 6.07) is 62.5. The van der Waals surface area contributed by atoms with E-state index in [1.54, 1.807) is 11.3 Å². The van der Waals surface area contributed by atoms with Gasteiger partial charge in [-0.1, -0.05) is 140 Å². The second-order valence-electron chi connectivity index (χ2n) is 12.6. The molecule has 0 spiro atoms. The van der Waals surface area contributed by atoms with Crippen molar-refractivity contribution in [1.29, 1.82) is 0 Å². The van der Waals surface area contributed by atoms with Gasteiger partial charge in [-0.2, -0.15) is 0 Å². The van der Waals surface area contributed by atoms with E-state index in [-0.39, 0.29) is 0 Å². The lowest BCUT2D eigenvalue weighted by Gasteiger charge is -2.09. The molecule has 0 saturated heterocycles. The number of para-hydroxylation sites is 2. The molecule has 3 heterocycles. The SMILES string of the molecule is c1ccc(-c2nc(-c3ccccc3)c3sc4c(-c5cccc(-c6ccc7c(c6)c6ccccc6n7-c6ccccc6)c5)cccc4c3n2)cc1. The molecule has 0 amide bonds. The zero-order valence-corrected chi connectivity index (χ0v) is 27.8. The second kappa shape index (κ2) is 11.7. The Hall–Kier alpha value is -6.36. The molecule has 0 fully saturated rings. The largest absolute Gasteiger partial charge is 0.309 e. The van der Waals surface area contributed by atoms with Gasteiger partial charge >= 0.3 is 0 Å². The number of aromatic nitrogens is 3. The number of fused-ring (bicyclic) bond motifs is 6. The molecule has 50 heavy (non-hydrogen) atoms. The molecule has 234 valence electrons. The van der Waals surface area contributed by atoms with Crippen LogP contribution < -0.4 is 0 Å². The van der Waals surface area contributed by atoms with Crippen LogP contribution in [0.3, 0.4) is 0 Å². The first-order chi connectivity index (χ1) is 24.8. The van der Waals surface area contributed by atoms with Gasteiger partial charge in [0.25, 0.3) is 0 Å². The lowest BCUT2D eigenvalue weighted by Crippen LogP contribution is -1.93. The van der Waals surface area contributed by atoms with E-state index in [2.05, 4.69) is 162 Å². The maximum absolute atomic E-state index is 5.19. The molecular weight excluding hydrogens is 627 g/mol. The molecule has 0 aliphatic carbocycles. The van der Waals surface area contributed by atoms with Crippen molar-refractivity contribution in [2.45, 2.75) is 0 Å². The van der Waals surface area contributed by atoms with E-state index < -0.39 is 0 Å². The third-order valence-corrected chi connectivity index (χ3v) is 10.8. The number of nitrogens with zero attached hydrogens (tertiary/aromatic N) is 3. The third kappa shape index (κ3) is 4.65. The highest BCUT2D eigenvalue weighted by Crippen LogP contribution is 2.44. The first-order valence-electron chi connectivity index (χ1n) is 16.8. The van der Waals surface area contributed by atoms with Gasteiger partial charge in [0.1, 0.15) is 0 Å². The zero-order valence-electron chi connectivity index (χ0n) is 27.0. The Morgan fingerprint density at radius 1 is 0.400 bits per heavy atom. The van der Waals surface area contributed by atoms with Crippen molar-refractivity contribution in [3.8, 4) is 50.6 Å². The van der Waals surface area contributed by atoms with E-state index in [0.29, 0.717) is 0 Å². The van der Waals surface area contributed by atoms with Crippen LogP contribution in [0.25, 0.3) is 92.7 Å². The van der Waals surface area contributed by atoms with Crippen LogP contribution in [0.1, 0.15) is 0 Å². The smallest absolute Gasteiger partial charge is 0.160 e. The molecule has 7 aromatic carbocycles. The van der Waals surface area contributed by atoms with E-state index in [1.165, 1.54) is 54.4 Å². The fourth-order valence-electron chi connectivity index (χ4n) is 7.27. The van der Waals surface area contributed by atoms with Gasteiger partial charge in [0.15, 0.2) is 5.82 Å². The molecule has 0 N–H and O–H groups in total. The van der Waals surface area contributed by atoms with E-state index >= 15 is 0 Å². The summed E-state index contributed by atoms with van der Waals surface area (Å²) < 4.78 is 4.69. The van der Waals surface area contributed by atoms with Crippen molar-refractivity contribution in [3.05, 3.63) is 176 Å². The number of benzene rings is 7. The molecule has 3 aromatic heterocycles. The van der Waals surface area contributed by atoms with Crippen LogP contribution in [0.2, 0.25) is 0 Å². The Morgan fingerprint density at radius 2 is 1.02 bits per heavy atom. The van der Waals surface area contributed by atoms with Crippen molar-refractivity contribution in [2.75, 3.05) is 0 Å². The van der Waals surface area contributed by atoms with Gasteiger partial charge in [0.05, 0.1) is 26.9 Å². The summed E-state index contributed by atoms with van der Waals surface area (Å²) >= 11 is 1.79. The van der Waals surface area contributed by atoms with Crippen molar-refractivity contribution in [2.24, 2.45) is 0 Å². The van der Waals surface area contributed by atoms with E-state index in [0.717, 1.165) is 38.2 Å². The van der Waals surface area contributed by atoms with Gasteiger partial charge < -0.3 is 4.57 Å². The fraction of sp³-hybridized carbons (Fsp3) is 0. The molecule has 0 aliphatic rings. The van der Waals surface area contributed by atoms with Gasteiger partial charge in [-0.3, -0.25) is 0 Å². The summed E-state index contributed by atoms with van der Waals surface area (Å²) in [7, 11) is 0. The Balaban J connectivity index is 1.14. The van der Waals surface area contributed by atoms with Crippen LogP contribution in [-0.2, 0) is 0 Å². The Morgan fingerprint density at radius 3 is 1.84 bits per heavy atom. The summed E-state index contributed by atoms with van der Waals surface area (Å²) in [4.78, 5) is 10.4. The second-order valence-corrected chi connectivity index (χ2v) is 13.6. The van der Waals surface area contributed by atoms with Gasteiger partial charge in [0.2, 0.25) is 0 Å². The minimum Gasteiger partial charge on any atom is -0.309 e. The van der Waals surface area contributed by atoms with Crippen LogP contribution in [0.5, 0.6) is 0 Å². The number of thiophene rings is 1. The highest BCUT2D eigenvalue weighted by atomic mass is 32.1. The highest BCUT2D eigenvalue weighted by Gasteiger charge is 2.19. The van der Waals surface area contributed by atoms with Crippen molar-refractivity contribution in [3.63, 3.8) is 0 Å². The highest BCUT2D eigenvalue weighted by molar-refractivity contribution is 7.26. The predicted molar refractivity (Wildman–Crippen MR) is 211 cm³/mol. The molecule has 3 nitrogen and oxygen atoms in total. The average molecular weight is 656 g/mol. The average Bonchev–Trinajstić information content (AvgIpc) is 3.74. The predicted octanol–water partition coefficient (Wildman–Crippen LogP) is 12.6. The summed E-state index contributed by atoms with van der Waals surface area (Å²) in [6.45, 7) is 0. The first-order valence-corrected chi connectivity index (χ1v) is 17.7. The van der Waals surface area contributed by atoms with Gasteiger partial charge in [-0.25, -0.2) is 9.97 Å². The summed E-state index contributed by atoms with van der Waals surface area (Å²) in [6.07, 6.45) is 0. The molecule has 0 saturated carbocycles. The first kappa shape index (κ1) is 28.6. The van der Waals surface area contributed by atoms with E-state index in [4.69, 9.17) is 9.97 Å². The molecule has 0 aliphatic heterocycles. The summed E-state index contributed by atoms with van der Waals surface area (Å²) in [5, 5.41) is 3.66. The van der Waals surface area contributed by atoms with E-state index in [1.807, 2.05) is 18.2 Å². The molecule has 10 rings (SSSR count). The molecule has 4 heteroatoms. The minimum atomic E-state index is 0.744. The monoisotopic (exact) mass is 655 g/mol. The molecule has 0 atom stereocenters. The molecule has 0 unspecified atom stereocenters. The number of hydrogen-bond donors (Lipinski definition) is 0. The molecule has 0 bridgehead atoms. The lowest BCUT2D eigenvalue weighted by molar-refractivity contribution is 1.18. The normalized spacial score (nSPS) is 11.6. The van der Waals surface area contributed by atoms with Crippen molar-refractivity contribution < 1.29 is 0 Å². The summed E-state index contributed by atoms with van der Waals surface area (Å²) in [5.74, 6) is 0.744. The van der Waals surface area contributed by atoms with Gasteiger partial charge in [-0.05, 0) is 58.7 Å². The maximum atomic E-state index is 5.19. The van der Waals surface area contributed by atoms with Crippen LogP contribution >= 0.6 is 11.3 Å². The van der Waals surface area contributed by atoms with Gasteiger partial charge in [0, 0.05) is 37.7 Å². The topological polar surface area (TPSA) is 30.7 Å². The zero-order chi connectivity index (χ0) is 33.0. The van der Waals surface area contributed by atoms with Crippen LogP contribution in [0.4, 0.5) is 0 Å². The molecule has 10 aromatic rings. The van der Waals surface area contributed by atoms with Crippen LogP contribution in [0.15, 0.2) is 176 Å². The minimum absolute atomic E-state index is 0.744. The Bertz CT molecular complexity index is 2850. The molecule has 0 radical (unpaired) electrons. The third-order valence-electron chi connectivity index (χ3n) is 9.61. The van der Waals surface area contributed by atoms with E-state index in [9.17, 15) is 0 Å². The Kier molecular flexibility index (Phi) is 6.68. The van der Waals surface area contributed by atoms with Crippen molar-refractivity contribution in [1.82, 2.24) is 14.5 Å². The summed E-state index contributed by atoms with van der Waals surface area (Å²) in [5.41, 5.74) is 12.4. The lowest BCUT2D eigenvalue weighted by atomic mass is 9.97. The standard InChI is InChI=1S/C46H29N3S/c1-4-14-30(15-5-1)42-45-43(48-46(47-42)31-16-6-2-7-17-31)38-24-13-23-36(44(38)50-45)34-19-12-18-32(28-34)33-26-27-41-39(29-33)37-22-10-11-25-40(37)49(41)35-20-8-3-9-21-35/h1-29H. The van der Waals surface area contributed by atoms with Crippen LogP contribution in [-0.4, -0.2) is 14.5 Å². The fourth-order valence-corrected chi connectivity index (χ4v) is 8.56. The molecular formula is C46H29N3S. The Labute approximate surface area is 293 Å². The van der Waals surface area contributed by atoms with Crippen LogP contribution in [0, 0.1) is 0 Å². The quantitative estimate of drug-likeness (QED) is 0.185. The van der Waals surface area contributed by atoms with Crippen molar-refractivity contribution >= 4 is 53.4 Å². The number of hydrogen-bond acceptors (Lipinski definition) is 3. The number of rotatable bonds is 5. The van der Waals surface area contributed by atoms with Gasteiger partial charge in [-0.15, -0.1) is 11.3 Å².